The maximum absolute atomic E-state index is 14.6. The first-order valence-corrected chi connectivity index (χ1v) is 26.9. The van der Waals surface area contributed by atoms with Gasteiger partial charge in [0, 0.05) is 76.7 Å². The highest BCUT2D eigenvalue weighted by atomic mass is 32.1. The second-order valence-electron chi connectivity index (χ2n) is 17.0. The van der Waals surface area contributed by atoms with Crippen LogP contribution in [0.2, 0.25) is 0 Å². The van der Waals surface area contributed by atoms with E-state index in [1.807, 2.05) is 62.4 Å². The lowest BCUT2D eigenvalue weighted by Gasteiger charge is -2.16. The molecule has 2 atom stereocenters. The molecule has 1 amide bonds. The lowest BCUT2D eigenvalue weighted by molar-refractivity contribution is 0.0996. The minimum absolute atomic E-state index is 0.00272. The number of nitrogens with zero attached hydrogens (tertiary/aromatic N) is 1. The lowest BCUT2D eigenvalue weighted by Crippen LogP contribution is -2.23. The molecule has 326 valence electrons. The normalized spacial score (nSPS) is 13.0. The van der Waals surface area contributed by atoms with E-state index in [-0.39, 0.29) is 11.7 Å². The number of thiophene rings is 5. The number of anilines is 1. The van der Waals surface area contributed by atoms with Crippen LogP contribution in [0.15, 0.2) is 60.7 Å². The van der Waals surface area contributed by atoms with Crippen molar-refractivity contribution >= 4 is 94.2 Å². The standard InChI is InChI=1S/C56H55NO2S5/c1-8-13-16-17-18-21-46(58)39-22-24-40(25-23-39)57-34-45-36(7)61-55(52(45)56(57)59)49-33-44-51(48-29-27-42(63-48)32-38(12-5)20-15-10-3)53-43(30-35(6)60-53)50(54(44)64-49)47-28-26-41(62-47)31-37(11-4)19-14-9-2/h22-30,33,37-38H,9-12,14-15,19-20,31-32,34H2,1-7H3. The number of amides is 1. The second kappa shape index (κ2) is 20.6. The molecule has 8 heteroatoms. The molecule has 64 heavy (non-hydrogen) atoms. The SMILES string of the molecule is CC#CC#CC#CC(=O)c1ccc(N2Cc3c(C)sc(-c4cc5c(-c6ccc(CC(CC)CCCC)s6)c6sc(C)cc6c(-c6ccc(CC(CC)CCCC)s6)c5s4)c3C2=O)cc1. The Morgan fingerprint density at radius 1 is 0.672 bits per heavy atom. The zero-order valence-electron chi connectivity index (χ0n) is 38.0. The van der Waals surface area contributed by atoms with Crippen LogP contribution in [0.1, 0.15) is 132 Å². The Balaban J connectivity index is 1.22. The van der Waals surface area contributed by atoms with E-state index in [0.29, 0.717) is 23.9 Å². The Bertz CT molecular complexity index is 2930. The van der Waals surface area contributed by atoms with Crippen LogP contribution in [-0.2, 0) is 19.4 Å². The van der Waals surface area contributed by atoms with Gasteiger partial charge in [-0.25, -0.2) is 0 Å². The third-order valence-electron chi connectivity index (χ3n) is 12.6. The Morgan fingerprint density at radius 2 is 1.27 bits per heavy atom. The zero-order chi connectivity index (χ0) is 44.9. The van der Waals surface area contributed by atoms with Gasteiger partial charge in [0.05, 0.1) is 17.0 Å². The summed E-state index contributed by atoms with van der Waals surface area (Å²) in [6.07, 6.45) is 12.3. The first kappa shape index (κ1) is 45.8. The molecule has 1 aliphatic rings. The van der Waals surface area contributed by atoms with Gasteiger partial charge in [-0.15, -0.1) is 56.7 Å². The molecule has 0 spiro atoms. The van der Waals surface area contributed by atoms with Gasteiger partial charge in [-0.3, -0.25) is 9.59 Å². The van der Waals surface area contributed by atoms with Crippen molar-refractivity contribution in [1.82, 2.24) is 0 Å². The first-order valence-electron chi connectivity index (χ1n) is 22.8. The summed E-state index contributed by atoms with van der Waals surface area (Å²) in [5, 5.41) is 2.63. The maximum atomic E-state index is 14.6. The van der Waals surface area contributed by atoms with Gasteiger partial charge in [-0.1, -0.05) is 85.0 Å². The third-order valence-corrected chi connectivity index (χ3v) is 18.4. The van der Waals surface area contributed by atoms with E-state index in [4.69, 9.17) is 0 Å². The van der Waals surface area contributed by atoms with E-state index >= 15 is 0 Å². The summed E-state index contributed by atoms with van der Waals surface area (Å²) in [4.78, 5) is 39.5. The molecule has 0 saturated carbocycles. The van der Waals surface area contributed by atoms with E-state index in [1.165, 1.54) is 112 Å². The van der Waals surface area contributed by atoms with E-state index in [9.17, 15) is 9.59 Å². The molecule has 0 radical (unpaired) electrons. The molecule has 0 bridgehead atoms. The Kier molecular flexibility index (Phi) is 14.8. The minimum Gasteiger partial charge on any atom is -0.304 e. The Morgan fingerprint density at radius 3 is 1.86 bits per heavy atom. The molecule has 5 aromatic heterocycles. The van der Waals surface area contributed by atoms with Crippen molar-refractivity contribution in [2.24, 2.45) is 11.8 Å². The van der Waals surface area contributed by atoms with Gasteiger partial charge in [-0.2, -0.15) is 0 Å². The predicted octanol–water partition coefficient (Wildman–Crippen LogP) is 16.8. The van der Waals surface area contributed by atoms with Crippen molar-refractivity contribution in [2.75, 3.05) is 4.90 Å². The van der Waals surface area contributed by atoms with Crippen molar-refractivity contribution in [3.63, 3.8) is 0 Å². The van der Waals surface area contributed by atoms with Crippen LogP contribution in [0, 0.1) is 61.2 Å². The minimum atomic E-state index is -0.319. The van der Waals surface area contributed by atoms with Crippen LogP contribution in [0.25, 0.3) is 50.8 Å². The molecule has 3 nitrogen and oxygen atoms in total. The molecule has 6 heterocycles. The fourth-order valence-corrected chi connectivity index (χ4v) is 15.1. The van der Waals surface area contributed by atoms with Gasteiger partial charge in [0.15, 0.2) is 0 Å². The molecule has 0 aliphatic carbocycles. The summed E-state index contributed by atoms with van der Waals surface area (Å²) in [5.41, 5.74) is 5.80. The number of benzene rings is 2. The number of hydrogen-bond acceptors (Lipinski definition) is 7. The monoisotopic (exact) mass is 933 g/mol. The van der Waals surface area contributed by atoms with Gasteiger partial charge in [0.25, 0.3) is 5.91 Å². The maximum Gasteiger partial charge on any atom is 0.260 e. The predicted molar refractivity (Wildman–Crippen MR) is 281 cm³/mol. The van der Waals surface area contributed by atoms with E-state index in [2.05, 4.69) is 113 Å². The summed E-state index contributed by atoms with van der Waals surface area (Å²) in [6, 6.07) is 21.6. The summed E-state index contributed by atoms with van der Waals surface area (Å²) >= 11 is 9.48. The molecule has 7 aromatic rings. The van der Waals surface area contributed by atoms with Crippen LogP contribution in [0.5, 0.6) is 0 Å². The Labute approximate surface area is 400 Å². The highest BCUT2D eigenvalue weighted by Crippen LogP contribution is 2.55. The number of fused-ring (bicyclic) bond motifs is 3. The van der Waals surface area contributed by atoms with Crippen molar-refractivity contribution in [1.29, 1.82) is 0 Å². The number of Topliss-reactive ketones (excluding diaryl/α,β-unsaturated/α-hetero) is 1. The zero-order valence-corrected chi connectivity index (χ0v) is 42.1. The topological polar surface area (TPSA) is 37.4 Å². The highest BCUT2D eigenvalue weighted by Gasteiger charge is 2.36. The number of unbranched alkanes of at least 4 members (excludes halogenated alkanes) is 2. The average molecular weight is 934 g/mol. The van der Waals surface area contributed by atoms with E-state index < -0.39 is 0 Å². The molecule has 8 rings (SSSR count). The average Bonchev–Trinajstić information content (AvgIpc) is 4.17. The summed E-state index contributed by atoms with van der Waals surface area (Å²) in [5.74, 6) is 16.8. The van der Waals surface area contributed by atoms with Crippen molar-refractivity contribution < 1.29 is 9.59 Å². The summed E-state index contributed by atoms with van der Waals surface area (Å²) in [7, 11) is 0. The number of hydrogen-bond donors (Lipinski definition) is 0. The van der Waals surface area contributed by atoms with Crippen LogP contribution >= 0.6 is 56.7 Å². The molecule has 0 fully saturated rings. The van der Waals surface area contributed by atoms with Crippen molar-refractivity contribution in [3.8, 4) is 66.2 Å². The van der Waals surface area contributed by atoms with Crippen molar-refractivity contribution in [2.45, 2.75) is 119 Å². The van der Waals surface area contributed by atoms with Gasteiger partial charge in [0.2, 0.25) is 5.78 Å². The van der Waals surface area contributed by atoms with Crippen LogP contribution in [0.3, 0.4) is 0 Å². The van der Waals surface area contributed by atoms with Crippen molar-refractivity contribution in [3.05, 3.63) is 96.9 Å². The quantitative estimate of drug-likeness (QED) is 0.0518. The second-order valence-corrected chi connectivity index (χ2v) is 22.8. The van der Waals surface area contributed by atoms with Crippen LogP contribution < -0.4 is 4.90 Å². The highest BCUT2D eigenvalue weighted by molar-refractivity contribution is 7.28. The smallest absolute Gasteiger partial charge is 0.260 e. The Hall–Kier alpha value is -4.72. The van der Waals surface area contributed by atoms with Crippen LogP contribution in [-0.4, -0.2) is 11.7 Å². The fraction of sp³-hybridized carbons (Fsp3) is 0.357. The van der Waals surface area contributed by atoms with Gasteiger partial charge in [0.1, 0.15) is 0 Å². The lowest BCUT2D eigenvalue weighted by atomic mass is 9.95. The van der Waals surface area contributed by atoms with Crippen LogP contribution in [0.4, 0.5) is 5.69 Å². The third kappa shape index (κ3) is 9.49. The number of aryl methyl sites for hydroxylation is 2. The fourth-order valence-electron chi connectivity index (χ4n) is 9.01. The molecule has 2 aromatic carbocycles. The number of carbonyl (C=O) groups is 2. The largest absolute Gasteiger partial charge is 0.304 e. The number of ketones is 1. The summed E-state index contributed by atoms with van der Waals surface area (Å²) in [6.45, 7) is 15.9. The molecule has 2 unspecified atom stereocenters. The van der Waals surface area contributed by atoms with Gasteiger partial charge in [-0.05, 0) is 141 Å². The first-order chi connectivity index (χ1) is 31.2. The number of rotatable bonds is 17. The molecular weight excluding hydrogens is 879 g/mol. The molecule has 0 saturated heterocycles. The van der Waals surface area contributed by atoms with Gasteiger partial charge < -0.3 is 4.90 Å². The molecule has 1 aliphatic heterocycles. The molecule has 0 N–H and O–H groups in total. The molecular formula is C56H55NO2S5. The van der Waals surface area contributed by atoms with Gasteiger partial charge >= 0.3 is 0 Å². The summed E-state index contributed by atoms with van der Waals surface area (Å²) < 4.78 is 2.67. The number of carbonyl (C=O) groups excluding carboxylic acids is 2. The van der Waals surface area contributed by atoms with E-state index in [1.54, 1.807) is 30.4 Å². The van der Waals surface area contributed by atoms with E-state index in [0.717, 1.165) is 39.4 Å².